The minimum Gasteiger partial charge on any atom is -0.479 e. The molecule has 0 aliphatic carbocycles. The van der Waals surface area contributed by atoms with Crippen LogP contribution in [-0.2, 0) is 4.79 Å². The van der Waals surface area contributed by atoms with Crippen molar-refractivity contribution in [3.05, 3.63) is 29.3 Å². The topological polar surface area (TPSA) is 60.8 Å². The lowest BCUT2D eigenvalue weighted by atomic mass is 9.85. The Labute approximate surface area is 100 Å². The molecular weight excluding hydrogens is 218 g/mol. The molecule has 0 spiro atoms. The van der Waals surface area contributed by atoms with E-state index in [0.29, 0.717) is 6.42 Å². The number of hydrogen-bond acceptors (Lipinski definition) is 3. The number of benzene rings is 1. The fraction of sp³-hybridized carbons (Fsp3) is 0.462. The number of carboxylic acid groups (broad SMARTS) is 1. The van der Waals surface area contributed by atoms with Crippen LogP contribution in [0.25, 0.3) is 0 Å². The van der Waals surface area contributed by atoms with Crippen LogP contribution in [0.4, 0.5) is 5.69 Å². The lowest BCUT2D eigenvalue weighted by molar-refractivity contribution is -0.148. The van der Waals surface area contributed by atoms with E-state index < -0.39 is 12.1 Å². The van der Waals surface area contributed by atoms with Crippen molar-refractivity contribution in [2.75, 3.05) is 18.5 Å². The van der Waals surface area contributed by atoms with Crippen LogP contribution in [0.3, 0.4) is 0 Å². The summed E-state index contributed by atoms with van der Waals surface area (Å²) in [4.78, 5) is 13.0. The van der Waals surface area contributed by atoms with Crippen molar-refractivity contribution in [3.8, 4) is 0 Å². The van der Waals surface area contributed by atoms with Gasteiger partial charge >= 0.3 is 5.97 Å². The highest BCUT2D eigenvalue weighted by Crippen LogP contribution is 2.37. The number of nitrogens with zero attached hydrogens (tertiary/aromatic N) is 1. The Morgan fingerprint density at radius 3 is 2.88 bits per heavy atom. The Morgan fingerprint density at radius 1 is 1.53 bits per heavy atom. The van der Waals surface area contributed by atoms with E-state index in [1.54, 1.807) is 0 Å². The van der Waals surface area contributed by atoms with Crippen LogP contribution in [0, 0.1) is 6.92 Å². The summed E-state index contributed by atoms with van der Waals surface area (Å²) in [6.07, 6.45) is -0.648. The average molecular weight is 235 g/mol. The number of hydrogen-bond donors (Lipinski definition) is 2. The van der Waals surface area contributed by atoms with Crippen molar-refractivity contribution in [2.45, 2.75) is 25.4 Å². The highest BCUT2D eigenvalue weighted by Gasteiger charge is 2.32. The zero-order valence-electron chi connectivity index (χ0n) is 10.1. The summed E-state index contributed by atoms with van der Waals surface area (Å²) in [6.45, 7) is 2.77. The monoisotopic (exact) mass is 235 g/mol. The molecule has 0 amide bonds. The fourth-order valence-electron chi connectivity index (χ4n) is 2.41. The Bertz CT molecular complexity index is 444. The number of aryl methyl sites for hydroxylation is 1. The third kappa shape index (κ3) is 2.13. The molecule has 2 atom stereocenters. The maximum absolute atomic E-state index is 10.9. The van der Waals surface area contributed by atoms with Crippen molar-refractivity contribution in [2.24, 2.45) is 0 Å². The van der Waals surface area contributed by atoms with E-state index in [4.69, 9.17) is 5.11 Å². The quantitative estimate of drug-likeness (QED) is 0.812. The van der Waals surface area contributed by atoms with Crippen LogP contribution in [-0.4, -0.2) is 35.9 Å². The lowest BCUT2D eigenvalue weighted by Gasteiger charge is -2.34. The number of fused-ring (bicyclic) bond motifs is 1. The van der Waals surface area contributed by atoms with Crippen LogP contribution in [0.2, 0.25) is 0 Å². The number of aliphatic carboxylic acids is 1. The van der Waals surface area contributed by atoms with E-state index in [9.17, 15) is 9.90 Å². The zero-order chi connectivity index (χ0) is 12.6. The molecule has 2 N–H and O–H groups in total. The van der Waals surface area contributed by atoms with Gasteiger partial charge in [-0.1, -0.05) is 12.1 Å². The molecule has 0 bridgehead atoms. The Hall–Kier alpha value is -1.55. The van der Waals surface area contributed by atoms with Crippen LogP contribution >= 0.6 is 0 Å². The Morgan fingerprint density at radius 2 is 2.24 bits per heavy atom. The summed E-state index contributed by atoms with van der Waals surface area (Å²) in [5, 5.41) is 18.7. The largest absolute Gasteiger partial charge is 0.479 e. The number of carbonyl (C=O) groups is 1. The number of carboxylic acids is 1. The maximum atomic E-state index is 10.9. The molecule has 2 rings (SSSR count). The van der Waals surface area contributed by atoms with Gasteiger partial charge in [0.15, 0.2) is 6.10 Å². The van der Waals surface area contributed by atoms with Gasteiger partial charge in [0.25, 0.3) is 0 Å². The first-order chi connectivity index (χ1) is 8.00. The molecule has 2 unspecified atom stereocenters. The van der Waals surface area contributed by atoms with Crippen molar-refractivity contribution in [1.82, 2.24) is 0 Å². The van der Waals surface area contributed by atoms with E-state index in [-0.39, 0.29) is 5.92 Å². The highest BCUT2D eigenvalue weighted by atomic mass is 16.4. The summed E-state index contributed by atoms with van der Waals surface area (Å²) in [6, 6.07) is 5.92. The van der Waals surface area contributed by atoms with Crippen LogP contribution in [0.15, 0.2) is 18.2 Å². The van der Waals surface area contributed by atoms with E-state index in [1.165, 1.54) is 0 Å². The highest BCUT2D eigenvalue weighted by molar-refractivity contribution is 5.75. The minimum absolute atomic E-state index is 0.306. The number of anilines is 1. The van der Waals surface area contributed by atoms with Crippen molar-refractivity contribution < 1.29 is 15.0 Å². The average Bonchev–Trinajstić information content (AvgIpc) is 2.29. The molecule has 4 nitrogen and oxygen atoms in total. The number of aliphatic hydroxyl groups is 1. The Balaban J connectivity index is 2.42. The van der Waals surface area contributed by atoms with Gasteiger partial charge in [0, 0.05) is 25.2 Å². The maximum Gasteiger partial charge on any atom is 0.333 e. The van der Waals surface area contributed by atoms with Gasteiger partial charge in [0.05, 0.1) is 0 Å². The van der Waals surface area contributed by atoms with E-state index in [2.05, 4.69) is 4.90 Å². The summed E-state index contributed by atoms with van der Waals surface area (Å²) in [5.74, 6) is -1.45. The molecule has 1 aromatic carbocycles. The molecule has 0 aromatic heterocycles. The SMILES string of the molecule is Cc1ccc2c(c1)N(C)CCC2C(O)C(=O)O. The molecule has 0 saturated heterocycles. The molecule has 17 heavy (non-hydrogen) atoms. The third-order valence-corrected chi connectivity index (χ3v) is 3.41. The number of aliphatic hydroxyl groups excluding tert-OH is 1. The summed E-state index contributed by atoms with van der Waals surface area (Å²) >= 11 is 0. The molecular formula is C13H17NO3. The van der Waals surface area contributed by atoms with Gasteiger partial charge in [-0.2, -0.15) is 0 Å². The van der Waals surface area contributed by atoms with Gasteiger partial charge in [-0.15, -0.1) is 0 Å². The van der Waals surface area contributed by atoms with Gasteiger partial charge in [-0.3, -0.25) is 0 Å². The second-order valence-corrected chi connectivity index (χ2v) is 4.66. The molecule has 0 radical (unpaired) electrons. The standard InChI is InChI=1S/C13H17NO3/c1-8-3-4-9-10(12(15)13(16)17)5-6-14(2)11(9)7-8/h3-4,7,10,12,15H,5-6H2,1-2H3,(H,16,17). The van der Waals surface area contributed by atoms with Crippen LogP contribution in [0.5, 0.6) is 0 Å². The Kier molecular flexibility index (Phi) is 3.07. The van der Waals surface area contributed by atoms with E-state index in [0.717, 1.165) is 23.4 Å². The van der Waals surface area contributed by atoms with Gasteiger partial charge < -0.3 is 15.1 Å². The van der Waals surface area contributed by atoms with Gasteiger partial charge in [-0.05, 0) is 30.5 Å². The van der Waals surface area contributed by atoms with Gasteiger partial charge in [-0.25, -0.2) is 4.79 Å². The molecule has 0 saturated carbocycles. The fourth-order valence-corrected chi connectivity index (χ4v) is 2.41. The van der Waals surface area contributed by atoms with Crippen molar-refractivity contribution in [3.63, 3.8) is 0 Å². The molecule has 1 heterocycles. The van der Waals surface area contributed by atoms with Crippen LogP contribution < -0.4 is 4.90 Å². The minimum atomic E-state index is -1.31. The summed E-state index contributed by atoms with van der Waals surface area (Å²) in [7, 11) is 1.99. The second kappa shape index (κ2) is 4.37. The normalized spacial score (nSPS) is 20.9. The van der Waals surface area contributed by atoms with Gasteiger partial charge in [0.2, 0.25) is 0 Å². The van der Waals surface area contributed by atoms with Crippen LogP contribution in [0.1, 0.15) is 23.5 Å². The first kappa shape index (κ1) is 11.9. The van der Waals surface area contributed by atoms with Crippen molar-refractivity contribution >= 4 is 11.7 Å². The second-order valence-electron chi connectivity index (χ2n) is 4.66. The zero-order valence-corrected chi connectivity index (χ0v) is 10.1. The summed E-state index contributed by atoms with van der Waals surface area (Å²) < 4.78 is 0. The molecule has 4 heteroatoms. The van der Waals surface area contributed by atoms with Gasteiger partial charge in [0.1, 0.15) is 0 Å². The van der Waals surface area contributed by atoms with Crippen molar-refractivity contribution in [1.29, 1.82) is 0 Å². The first-order valence-electron chi connectivity index (χ1n) is 5.73. The predicted octanol–water partition coefficient (Wildman–Crippen LogP) is 1.36. The number of rotatable bonds is 2. The van der Waals surface area contributed by atoms with E-state index in [1.807, 2.05) is 32.2 Å². The molecule has 1 aliphatic rings. The molecule has 0 fully saturated rings. The smallest absolute Gasteiger partial charge is 0.333 e. The molecule has 1 aliphatic heterocycles. The summed E-state index contributed by atoms with van der Waals surface area (Å²) in [5.41, 5.74) is 3.10. The molecule has 92 valence electrons. The molecule has 1 aromatic rings. The predicted molar refractivity (Wildman–Crippen MR) is 65.4 cm³/mol. The third-order valence-electron chi connectivity index (χ3n) is 3.41. The first-order valence-corrected chi connectivity index (χ1v) is 5.73. The lowest BCUT2D eigenvalue weighted by Crippen LogP contribution is -2.35. The van der Waals surface area contributed by atoms with E-state index >= 15 is 0 Å².